The van der Waals surface area contributed by atoms with Gasteiger partial charge in [0.1, 0.15) is 5.82 Å². The van der Waals surface area contributed by atoms with Crippen molar-refractivity contribution in [3.8, 4) is 0 Å². The standard InChI is InChI=1S/C16H16Cl2FNO/c1-10(11-3-2-4-13(19)7-11)20-9-16(21)14-8-12(17)5-6-15(14)18/h2-8,10,16,20-21H,9H2,1H3/t10-,16?/m1/s1. The van der Waals surface area contributed by atoms with Crippen LogP contribution in [0.5, 0.6) is 0 Å². The number of rotatable bonds is 5. The molecule has 0 saturated carbocycles. The molecule has 1 unspecified atom stereocenters. The third-order valence-corrected chi connectivity index (χ3v) is 3.86. The number of hydrogen-bond donors (Lipinski definition) is 2. The van der Waals surface area contributed by atoms with E-state index < -0.39 is 6.10 Å². The van der Waals surface area contributed by atoms with Crippen molar-refractivity contribution in [3.63, 3.8) is 0 Å². The molecule has 0 aliphatic rings. The van der Waals surface area contributed by atoms with Crippen LogP contribution in [0.4, 0.5) is 4.39 Å². The van der Waals surface area contributed by atoms with Gasteiger partial charge in [-0.1, -0.05) is 35.3 Å². The van der Waals surface area contributed by atoms with Crippen LogP contribution < -0.4 is 5.32 Å². The van der Waals surface area contributed by atoms with Gasteiger partial charge in [-0.25, -0.2) is 4.39 Å². The molecule has 0 saturated heterocycles. The van der Waals surface area contributed by atoms with Crippen molar-refractivity contribution >= 4 is 23.2 Å². The third-order valence-electron chi connectivity index (χ3n) is 3.28. The molecule has 0 heterocycles. The normalized spacial score (nSPS) is 14.0. The molecular formula is C16H16Cl2FNO. The zero-order valence-electron chi connectivity index (χ0n) is 11.5. The first kappa shape index (κ1) is 16.2. The van der Waals surface area contributed by atoms with Gasteiger partial charge in [0.05, 0.1) is 6.10 Å². The van der Waals surface area contributed by atoms with E-state index in [1.165, 1.54) is 12.1 Å². The highest BCUT2D eigenvalue weighted by Gasteiger charge is 2.14. The molecular weight excluding hydrogens is 312 g/mol. The fourth-order valence-electron chi connectivity index (χ4n) is 2.06. The van der Waals surface area contributed by atoms with Crippen molar-refractivity contribution in [1.82, 2.24) is 5.32 Å². The monoisotopic (exact) mass is 327 g/mol. The minimum absolute atomic E-state index is 0.0895. The van der Waals surface area contributed by atoms with E-state index in [1.54, 1.807) is 24.3 Å². The average molecular weight is 328 g/mol. The van der Waals surface area contributed by atoms with Crippen LogP contribution in [0.2, 0.25) is 10.0 Å². The lowest BCUT2D eigenvalue weighted by molar-refractivity contribution is 0.171. The lowest BCUT2D eigenvalue weighted by atomic mass is 10.1. The zero-order valence-corrected chi connectivity index (χ0v) is 13.0. The number of benzene rings is 2. The predicted molar refractivity (Wildman–Crippen MR) is 84.2 cm³/mol. The maximum atomic E-state index is 13.2. The summed E-state index contributed by atoms with van der Waals surface area (Å²) in [7, 11) is 0. The first-order valence-electron chi connectivity index (χ1n) is 6.59. The average Bonchev–Trinajstić information content (AvgIpc) is 2.47. The summed E-state index contributed by atoms with van der Waals surface area (Å²) in [5.74, 6) is -0.278. The molecule has 2 atom stereocenters. The zero-order chi connectivity index (χ0) is 15.4. The highest BCUT2D eigenvalue weighted by atomic mass is 35.5. The Bertz CT molecular complexity index is 621. The minimum atomic E-state index is -0.785. The molecule has 0 fully saturated rings. The number of aliphatic hydroxyl groups excluding tert-OH is 1. The minimum Gasteiger partial charge on any atom is -0.387 e. The summed E-state index contributed by atoms with van der Waals surface area (Å²) in [5.41, 5.74) is 1.39. The molecule has 21 heavy (non-hydrogen) atoms. The first-order valence-corrected chi connectivity index (χ1v) is 7.35. The number of aliphatic hydroxyl groups is 1. The van der Waals surface area contributed by atoms with Crippen molar-refractivity contribution < 1.29 is 9.50 Å². The highest BCUT2D eigenvalue weighted by Crippen LogP contribution is 2.26. The molecule has 2 aromatic rings. The Balaban J connectivity index is 2.00. The predicted octanol–water partition coefficient (Wildman–Crippen LogP) is 4.52. The Hall–Kier alpha value is -1.13. The second-order valence-electron chi connectivity index (χ2n) is 4.87. The first-order chi connectivity index (χ1) is 9.97. The van der Waals surface area contributed by atoms with Crippen LogP contribution in [0, 0.1) is 5.82 Å². The van der Waals surface area contributed by atoms with E-state index in [1.807, 2.05) is 13.0 Å². The van der Waals surface area contributed by atoms with E-state index in [0.29, 0.717) is 15.6 Å². The van der Waals surface area contributed by atoms with Gasteiger partial charge < -0.3 is 10.4 Å². The molecule has 0 radical (unpaired) electrons. The molecule has 0 aliphatic carbocycles. The smallest absolute Gasteiger partial charge is 0.123 e. The largest absolute Gasteiger partial charge is 0.387 e. The summed E-state index contributed by atoms with van der Waals surface area (Å²) in [6, 6.07) is 11.2. The van der Waals surface area contributed by atoms with Crippen molar-refractivity contribution in [2.75, 3.05) is 6.54 Å². The molecule has 5 heteroatoms. The summed E-state index contributed by atoms with van der Waals surface area (Å²) < 4.78 is 13.2. The van der Waals surface area contributed by atoms with Gasteiger partial charge in [0.25, 0.3) is 0 Å². The Morgan fingerprint density at radius 3 is 2.67 bits per heavy atom. The molecule has 0 bridgehead atoms. The maximum Gasteiger partial charge on any atom is 0.123 e. The molecule has 2 nitrogen and oxygen atoms in total. The van der Waals surface area contributed by atoms with E-state index >= 15 is 0 Å². The fourth-order valence-corrected chi connectivity index (χ4v) is 2.49. The van der Waals surface area contributed by atoms with Gasteiger partial charge in [0, 0.05) is 28.2 Å². The molecule has 0 spiro atoms. The summed E-state index contributed by atoms with van der Waals surface area (Å²) in [5, 5.41) is 14.3. The second-order valence-corrected chi connectivity index (χ2v) is 5.71. The van der Waals surface area contributed by atoms with E-state index in [-0.39, 0.29) is 18.4 Å². The number of halogens is 3. The van der Waals surface area contributed by atoms with Crippen molar-refractivity contribution in [2.45, 2.75) is 19.1 Å². The Morgan fingerprint density at radius 2 is 1.95 bits per heavy atom. The number of hydrogen-bond acceptors (Lipinski definition) is 2. The van der Waals surface area contributed by atoms with Gasteiger partial charge in [-0.2, -0.15) is 0 Å². The lowest BCUT2D eigenvalue weighted by Gasteiger charge is -2.18. The van der Waals surface area contributed by atoms with Crippen LogP contribution >= 0.6 is 23.2 Å². The number of nitrogens with one attached hydrogen (secondary N) is 1. The maximum absolute atomic E-state index is 13.2. The van der Waals surface area contributed by atoms with Crippen LogP contribution in [-0.4, -0.2) is 11.7 Å². The molecule has 0 aromatic heterocycles. The van der Waals surface area contributed by atoms with Crippen LogP contribution in [0.25, 0.3) is 0 Å². The van der Waals surface area contributed by atoms with Gasteiger partial charge in [-0.3, -0.25) is 0 Å². The van der Waals surface area contributed by atoms with Gasteiger partial charge in [0.15, 0.2) is 0 Å². The second kappa shape index (κ2) is 7.23. The Kier molecular flexibility index (Phi) is 5.59. The van der Waals surface area contributed by atoms with Gasteiger partial charge >= 0.3 is 0 Å². The Labute approximate surface area is 133 Å². The van der Waals surface area contributed by atoms with Crippen molar-refractivity contribution in [2.24, 2.45) is 0 Å². The molecule has 0 aliphatic heterocycles. The Morgan fingerprint density at radius 1 is 1.19 bits per heavy atom. The lowest BCUT2D eigenvalue weighted by Crippen LogP contribution is -2.25. The molecule has 2 N–H and O–H groups in total. The molecule has 2 rings (SSSR count). The van der Waals surface area contributed by atoms with Gasteiger partial charge in [-0.15, -0.1) is 0 Å². The summed E-state index contributed by atoms with van der Waals surface area (Å²) in [6.07, 6.45) is -0.785. The van der Waals surface area contributed by atoms with Crippen molar-refractivity contribution in [3.05, 3.63) is 69.5 Å². The van der Waals surface area contributed by atoms with Crippen LogP contribution in [0.1, 0.15) is 30.2 Å². The van der Waals surface area contributed by atoms with E-state index in [0.717, 1.165) is 5.56 Å². The molecule has 0 amide bonds. The summed E-state index contributed by atoms with van der Waals surface area (Å²) in [4.78, 5) is 0. The summed E-state index contributed by atoms with van der Waals surface area (Å²) >= 11 is 12.0. The van der Waals surface area contributed by atoms with Crippen molar-refractivity contribution in [1.29, 1.82) is 0 Å². The fraction of sp³-hybridized carbons (Fsp3) is 0.250. The van der Waals surface area contributed by atoms with Crippen LogP contribution in [-0.2, 0) is 0 Å². The molecule has 2 aromatic carbocycles. The quantitative estimate of drug-likeness (QED) is 0.846. The van der Waals surface area contributed by atoms with E-state index in [4.69, 9.17) is 23.2 Å². The van der Waals surface area contributed by atoms with Crippen LogP contribution in [0.15, 0.2) is 42.5 Å². The highest BCUT2D eigenvalue weighted by molar-refractivity contribution is 6.33. The van der Waals surface area contributed by atoms with Gasteiger partial charge in [-0.05, 0) is 42.8 Å². The van der Waals surface area contributed by atoms with Crippen LogP contribution in [0.3, 0.4) is 0 Å². The topological polar surface area (TPSA) is 32.3 Å². The van der Waals surface area contributed by atoms with E-state index in [9.17, 15) is 9.50 Å². The third kappa shape index (κ3) is 4.42. The molecule has 112 valence electrons. The van der Waals surface area contributed by atoms with Gasteiger partial charge in [0.2, 0.25) is 0 Å². The SMILES string of the molecule is C[C@@H](NCC(O)c1cc(Cl)ccc1Cl)c1cccc(F)c1. The van der Waals surface area contributed by atoms with E-state index in [2.05, 4.69) is 5.32 Å². The summed E-state index contributed by atoms with van der Waals surface area (Å²) in [6.45, 7) is 2.19.